The van der Waals surface area contributed by atoms with Gasteiger partial charge in [0.15, 0.2) is 0 Å². The van der Waals surface area contributed by atoms with Gasteiger partial charge in [0.2, 0.25) is 0 Å². The SMILES string of the molecule is COc1cc(OC)cc(C(Nc2ccnc(C)n2)c2nccn2C)c1. The molecule has 0 aliphatic carbocycles. The molecule has 1 unspecified atom stereocenters. The van der Waals surface area contributed by atoms with Gasteiger partial charge in [-0.1, -0.05) is 0 Å². The zero-order chi connectivity index (χ0) is 17.8. The molecule has 25 heavy (non-hydrogen) atoms. The third-order valence-corrected chi connectivity index (χ3v) is 3.89. The summed E-state index contributed by atoms with van der Waals surface area (Å²) in [5.74, 6) is 3.71. The van der Waals surface area contributed by atoms with E-state index in [1.165, 1.54) is 0 Å². The number of benzene rings is 1. The molecule has 0 radical (unpaired) electrons. The highest BCUT2D eigenvalue weighted by molar-refractivity contribution is 5.46. The molecule has 130 valence electrons. The summed E-state index contributed by atoms with van der Waals surface area (Å²) in [6.45, 7) is 1.86. The maximum atomic E-state index is 5.40. The lowest BCUT2D eigenvalue weighted by atomic mass is 10.0. The van der Waals surface area contributed by atoms with Crippen molar-refractivity contribution in [2.24, 2.45) is 7.05 Å². The molecule has 0 bridgehead atoms. The Bertz CT molecular complexity index is 840. The first kappa shape index (κ1) is 16.8. The summed E-state index contributed by atoms with van der Waals surface area (Å²) in [7, 11) is 5.23. The summed E-state index contributed by atoms with van der Waals surface area (Å²) in [4.78, 5) is 13.1. The molecule has 1 atom stereocenters. The number of hydrogen-bond donors (Lipinski definition) is 1. The van der Waals surface area contributed by atoms with E-state index in [9.17, 15) is 0 Å². The third kappa shape index (κ3) is 3.71. The third-order valence-electron chi connectivity index (χ3n) is 3.89. The zero-order valence-corrected chi connectivity index (χ0v) is 14.7. The Morgan fingerprint density at radius 3 is 2.32 bits per heavy atom. The second-order valence-corrected chi connectivity index (χ2v) is 5.61. The Labute approximate surface area is 146 Å². The van der Waals surface area contributed by atoms with Crippen LogP contribution in [0.3, 0.4) is 0 Å². The van der Waals surface area contributed by atoms with E-state index in [4.69, 9.17) is 9.47 Å². The Balaban J connectivity index is 2.07. The minimum absolute atomic E-state index is 0.224. The molecule has 0 aliphatic rings. The molecule has 0 saturated carbocycles. The van der Waals surface area contributed by atoms with Crippen LogP contribution in [-0.4, -0.2) is 33.7 Å². The summed E-state index contributed by atoms with van der Waals surface area (Å²) in [5.41, 5.74) is 0.960. The van der Waals surface area contributed by atoms with Crippen molar-refractivity contribution >= 4 is 5.82 Å². The van der Waals surface area contributed by atoms with Gasteiger partial charge >= 0.3 is 0 Å². The molecule has 1 aromatic carbocycles. The van der Waals surface area contributed by atoms with Gasteiger partial charge in [0, 0.05) is 31.7 Å². The monoisotopic (exact) mass is 339 g/mol. The van der Waals surface area contributed by atoms with Gasteiger partial charge in [-0.15, -0.1) is 0 Å². The molecule has 7 heteroatoms. The van der Waals surface area contributed by atoms with E-state index < -0.39 is 0 Å². The van der Waals surface area contributed by atoms with Crippen LogP contribution in [0.2, 0.25) is 0 Å². The predicted octanol–water partition coefficient (Wildman–Crippen LogP) is 2.74. The molecule has 0 amide bonds. The number of ether oxygens (including phenoxy) is 2. The van der Waals surface area contributed by atoms with E-state index in [2.05, 4.69) is 20.3 Å². The van der Waals surface area contributed by atoms with Crippen LogP contribution in [-0.2, 0) is 7.05 Å². The predicted molar refractivity (Wildman–Crippen MR) is 95.0 cm³/mol. The van der Waals surface area contributed by atoms with Crippen molar-refractivity contribution in [2.45, 2.75) is 13.0 Å². The van der Waals surface area contributed by atoms with Crippen molar-refractivity contribution in [2.75, 3.05) is 19.5 Å². The zero-order valence-electron chi connectivity index (χ0n) is 14.7. The van der Waals surface area contributed by atoms with Gasteiger partial charge in [0.25, 0.3) is 0 Å². The molecule has 2 heterocycles. The number of hydrogen-bond acceptors (Lipinski definition) is 6. The second-order valence-electron chi connectivity index (χ2n) is 5.61. The maximum Gasteiger partial charge on any atom is 0.135 e. The highest BCUT2D eigenvalue weighted by atomic mass is 16.5. The van der Waals surface area contributed by atoms with Crippen LogP contribution in [0.1, 0.15) is 23.3 Å². The first-order valence-corrected chi connectivity index (χ1v) is 7.87. The Morgan fingerprint density at radius 2 is 1.76 bits per heavy atom. The summed E-state index contributed by atoms with van der Waals surface area (Å²) >= 11 is 0. The Morgan fingerprint density at radius 1 is 1.04 bits per heavy atom. The number of anilines is 1. The molecule has 2 aromatic heterocycles. The molecular formula is C18H21N5O2. The van der Waals surface area contributed by atoms with Crippen LogP contribution in [0.4, 0.5) is 5.82 Å². The van der Waals surface area contributed by atoms with Crippen molar-refractivity contribution in [3.63, 3.8) is 0 Å². The molecule has 1 N–H and O–H groups in total. The number of rotatable bonds is 6. The van der Waals surface area contributed by atoms with Gasteiger partial charge in [-0.2, -0.15) is 0 Å². The van der Waals surface area contributed by atoms with Gasteiger partial charge < -0.3 is 19.4 Å². The van der Waals surface area contributed by atoms with Crippen molar-refractivity contribution in [1.29, 1.82) is 0 Å². The number of aromatic nitrogens is 4. The van der Waals surface area contributed by atoms with Crippen molar-refractivity contribution in [3.8, 4) is 11.5 Å². The van der Waals surface area contributed by atoms with Crippen LogP contribution >= 0.6 is 0 Å². The maximum absolute atomic E-state index is 5.40. The summed E-state index contributed by atoms with van der Waals surface area (Å²) < 4.78 is 12.8. The highest BCUT2D eigenvalue weighted by Crippen LogP contribution is 2.31. The molecule has 0 fully saturated rings. The minimum Gasteiger partial charge on any atom is -0.497 e. The summed E-state index contributed by atoms with van der Waals surface area (Å²) in [5, 5.41) is 3.44. The van der Waals surface area contributed by atoms with Crippen LogP contribution < -0.4 is 14.8 Å². The van der Waals surface area contributed by atoms with E-state index in [1.54, 1.807) is 26.6 Å². The lowest BCUT2D eigenvalue weighted by molar-refractivity contribution is 0.393. The first-order chi connectivity index (χ1) is 12.1. The number of aryl methyl sites for hydroxylation is 2. The number of methoxy groups -OCH3 is 2. The van der Waals surface area contributed by atoms with E-state index in [0.717, 1.165) is 17.2 Å². The average molecular weight is 339 g/mol. The second kappa shape index (κ2) is 7.21. The molecule has 0 aliphatic heterocycles. The Kier molecular flexibility index (Phi) is 4.83. The van der Waals surface area contributed by atoms with Gasteiger partial charge in [0.05, 0.1) is 14.2 Å². The number of nitrogens with one attached hydrogen (secondary N) is 1. The normalized spacial score (nSPS) is 11.8. The van der Waals surface area contributed by atoms with Crippen LogP contribution in [0.15, 0.2) is 42.9 Å². The smallest absolute Gasteiger partial charge is 0.135 e. The lowest BCUT2D eigenvalue weighted by Gasteiger charge is -2.21. The number of imidazole rings is 1. The molecule has 0 saturated heterocycles. The lowest BCUT2D eigenvalue weighted by Crippen LogP contribution is -2.18. The van der Waals surface area contributed by atoms with E-state index in [1.807, 2.05) is 49.0 Å². The van der Waals surface area contributed by atoms with E-state index >= 15 is 0 Å². The van der Waals surface area contributed by atoms with Gasteiger partial charge in [0.1, 0.15) is 35.0 Å². The molecule has 3 rings (SSSR count). The quantitative estimate of drug-likeness (QED) is 0.744. The summed E-state index contributed by atoms with van der Waals surface area (Å²) in [6, 6.07) is 7.37. The minimum atomic E-state index is -0.224. The van der Waals surface area contributed by atoms with Crippen molar-refractivity contribution in [3.05, 3.63) is 60.1 Å². The van der Waals surface area contributed by atoms with Crippen LogP contribution in [0, 0.1) is 6.92 Å². The van der Waals surface area contributed by atoms with Crippen molar-refractivity contribution in [1.82, 2.24) is 19.5 Å². The largest absolute Gasteiger partial charge is 0.497 e. The topological polar surface area (TPSA) is 74.1 Å². The molecule has 3 aromatic rings. The Hall–Kier alpha value is -3.09. The van der Waals surface area contributed by atoms with Gasteiger partial charge in [-0.3, -0.25) is 0 Å². The van der Waals surface area contributed by atoms with Crippen LogP contribution in [0.25, 0.3) is 0 Å². The van der Waals surface area contributed by atoms with Crippen LogP contribution in [0.5, 0.6) is 11.5 Å². The summed E-state index contributed by atoms with van der Waals surface area (Å²) in [6.07, 6.45) is 5.41. The van der Waals surface area contributed by atoms with Gasteiger partial charge in [-0.25, -0.2) is 15.0 Å². The standard InChI is InChI=1S/C18H21N5O2/c1-12-19-6-5-16(21-12)22-17(18-20-7-8-23(18)2)13-9-14(24-3)11-15(10-13)25-4/h5-11,17H,1-4H3,(H,19,21,22). The first-order valence-electron chi connectivity index (χ1n) is 7.87. The molecule has 0 spiro atoms. The highest BCUT2D eigenvalue weighted by Gasteiger charge is 2.21. The van der Waals surface area contributed by atoms with Gasteiger partial charge in [-0.05, 0) is 30.7 Å². The molecule has 7 nitrogen and oxygen atoms in total. The van der Waals surface area contributed by atoms with E-state index in [-0.39, 0.29) is 6.04 Å². The number of nitrogens with zero attached hydrogens (tertiary/aromatic N) is 4. The fourth-order valence-corrected chi connectivity index (χ4v) is 2.63. The molecular weight excluding hydrogens is 318 g/mol. The fraction of sp³-hybridized carbons (Fsp3) is 0.278. The average Bonchev–Trinajstić information content (AvgIpc) is 3.05. The van der Waals surface area contributed by atoms with Crippen molar-refractivity contribution < 1.29 is 9.47 Å². The van der Waals surface area contributed by atoms with E-state index in [0.29, 0.717) is 17.3 Å². The fourth-order valence-electron chi connectivity index (χ4n) is 2.63.